The Hall–Kier alpha value is -1.89. The highest BCUT2D eigenvalue weighted by Gasteiger charge is 2.37. The van der Waals surface area contributed by atoms with Gasteiger partial charge in [0.25, 0.3) is 0 Å². The van der Waals surface area contributed by atoms with Gasteiger partial charge in [0.05, 0.1) is 12.2 Å². The Balaban J connectivity index is 1.39. The summed E-state index contributed by atoms with van der Waals surface area (Å²) in [7, 11) is 0. The lowest BCUT2D eigenvalue weighted by Crippen LogP contribution is -2.55. The van der Waals surface area contributed by atoms with Crippen LogP contribution < -0.4 is 5.32 Å². The fourth-order valence-electron chi connectivity index (χ4n) is 3.55. The average molecular weight is 349 g/mol. The van der Waals surface area contributed by atoms with Crippen molar-refractivity contribution in [2.24, 2.45) is 5.92 Å². The molecule has 0 atom stereocenters. The van der Waals surface area contributed by atoms with Gasteiger partial charge in [0.1, 0.15) is 5.76 Å². The molecule has 0 bridgehead atoms. The Labute approximate surface area is 147 Å². The van der Waals surface area contributed by atoms with Gasteiger partial charge >= 0.3 is 5.97 Å². The number of hydrogen-bond acceptors (Lipinski definition) is 5. The summed E-state index contributed by atoms with van der Waals surface area (Å²) in [6.45, 7) is 4.73. The first-order valence-corrected chi connectivity index (χ1v) is 9.09. The van der Waals surface area contributed by atoms with E-state index >= 15 is 0 Å². The molecule has 0 aliphatic heterocycles. The third-order valence-corrected chi connectivity index (χ3v) is 5.31. The van der Waals surface area contributed by atoms with Crippen LogP contribution in [0.15, 0.2) is 4.52 Å². The van der Waals surface area contributed by atoms with Crippen molar-refractivity contribution in [1.82, 2.24) is 15.4 Å². The summed E-state index contributed by atoms with van der Waals surface area (Å²) in [6, 6.07) is 0.447. The Morgan fingerprint density at radius 3 is 2.60 bits per heavy atom. The number of carboxylic acids is 1. The van der Waals surface area contributed by atoms with Crippen molar-refractivity contribution in [2.45, 2.75) is 64.5 Å². The molecule has 2 saturated carbocycles. The van der Waals surface area contributed by atoms with E-state index < -0.39 is 5.97 Å². The van der Waals surface area contributed by atoms with Gasteiger partial charge in [0.2, 0.25) is 5.91 Å². The smallest absolute Gasteiger partial charge is 0.317 e. The van der Waals surface area contributed by atoms with Crippen LogP contribution in [-0.2, 0) is 16.0 Å². The molecule has 0 unspecified atom stereocenters. The number of carbonyl (C=O) groups is 2. The van der Waals surface area contributed by atoms with Crippen LogP contribution in [0, 0.1) is 19.8 Å². The molecule has 7 heteroatoms. The van der Waals surface area contributed by atoms with Gasteiger partial charge < -0.3 is 14.9 Å². The Morgan fingerprint density at radius 1 is 1.32 bits per heavy atom. The van der Waals surface area contributed by atoms with E-state index in [2.05, 4.69) is 15.4 Å². The molecule has 1 aromatic heterocycles. The number of nitrogens with one attached hydrogen (secondary N) is 1. The van der Waals surface area contributed by atoms with Crippen molar-refractivity contribution in [2.75, 3.05) is 13.1 Å². The van der Waals surface area contributed by atoms with E-state index in [0.29, 0.717) is 18.8 Å². The van der Waals surface area contributed by atoms with Crippen molar-refractivity contribution in [3.05, 3.63) is 17.0 Å². The molecule has 2 fully saturated rings. The van der Waals surface area contributed by atoms with Gasteiger partial charge in [-0.2, -0.15) is 0 Å². The number of hydrogen-bond donors (Lipinski definition) is 2. The van der Waals surface area contributed by atoms with Crippen LogP contribution in [-0.4, -0.2) is 52.2 Å². The van der Waals surface area contributed by atoms with Crippen molar-refractivity contribution in [3.8, 4) is 0 Å². The minimum absolute atomic E-state index is 0.0374. The van der Waals surface area contributed by atoms with Crippen LogP contribution in [0.2, 0.25) is 0 Å². The van der Waals surface area contributed by atoms with Crippen LogP contribution in [0.3, 0.4) is 0 Å². The van der Waals surface area contributed by atoms with Gasteiger partial charge in [-0.25, -0.2) is 0 Å². The topological polar surface area (TPSA) is 95.7 Å². The van der Waals surface area contributed by atoms with Crippen LogP contribution in [0.4, 0.5) is 0 Å². The maximum Gasteiger partial charge on any atom is 0.317 e. The number of amides is 1. The van der Waals surface area contributed by atoms with Gasteiger partial charge in [-0.3, -0.25) is 14.5 Å². The zero-order valence-corrected chi connectivity index (χ0v) is 15.0. The molecule has 0 aromatic carbocycles. The minimum Gasteiger partial charge on any atom is -0.480 e. The fraction of sp³-hybridized carbons (Fsp3) is 0.722. The molecule has 3 rings (SSSR count). The quantitative estimate of drug-likeness (QED) is 0.704. The molecule has 0 saturated heterocycles. The highest BCUT2D eigenvalue weighted by atomic mass is 16.5. The second kappa shape index (κ2) is 7.56. The van der Waals surface area contributed by atoms with Crippen molar-refractivity contribution < 1.29 is 19.2 Å². The first kappa shape index (κ1) is 17.9. The molecule has 0 radical (unpaired) electrons. The van der Waals surface area contributed by atoms with Crippen molar-refractivity contribution in [3.63, 3.8) is 0 Å². The number of aromatic nitrogens is 1. The van der Waals surface area contributed by atoms with E-state index in [1.807, 2.05) is 13.8 Å². The summed E-state index contributed by atoms with van der Waals surface area (Å²) in [5.41, 5.74) is 1.86. The van der Waals surface area contributed by atoms with Crippen LogP contribution in [0.25, 0.3) is 0 Å². The summed E-state index contributed by atoms with van der Waals surface area (Å²) in [4.78, 5) is 25.3. The zero-order valence-electron chi connectivity index (χ0n) is 15.0. The fourth-order valence-corrected chi connectivity index (χ4v) is 3.55. The van der Waals surface area contributed by atoms with E-state index in [1.165, 1.54) is 12.8 Å². The SMILES string of the molecule is Cc1noc(C)c1CCC(=O)NC1CC(N(CC(=O)O)CC2CC2)C1. The first-order valence-electron chi connectivity index (χ1n) is 9.09. The Bertz CT molecular complexity index is 613. The monoisotopic (exact) mass is 349 g/mol. The van der Waals surface area contributed by atoms with Crippen LogP contribution in [0.1, 0.15) is 49.1 Å². The number of carboxylic acid groups (broad SMARTS) is 1. The molecule has 7 nitrogen and oxygen atoms in total. The predicted octanol–water partition coefficient (Wildman–Crippen LogP) is 1.67. The van der Waals surface area contributed by atoms with Gasteiger partial charge in [-0.15, -0.1) is 0 Å². The molecule has 1 aromatic rings. The highest BCUT2D eigenvalue weighted by molar-refractivity contribution is 5.76. The standard InChI is InChI=1S/C18H27N3O4/c1-11-16(12(2)25-20-11)5-6-17(22)19-14-7-15(8-14)21(10-18(23)24)9-13-3-4-13/h13-15H,3-10H2,1-2H3,(H,19,22)(H,23,24). The average Bonchev–Trinajstić information content (AvgIpc) is 3.25. The minimum atomic E-state index is -0.771. The number of aryl methyl sites for hydroxylation is 2. The maximum absolute atomic E-state index is 12.1. The van der Waals surface area contributed by atoms with Crippen molar-refractivity contribution >= 4 is 11.9 Å². The second-order valence-electron chi connectivity index (χ2n) is 7.46. The summed E-state index contributed by atoms with van der Waals surface area (Å²) in [5, 5.41) is 16.0. The summed E-state index contributed by atoms with van der Waals surface area (Å²) in [6.07, 6.45) is 5.17. The van der Waals surface area contributed by atoms with E-state index in [9.17, 15) is 9.59 Å². The van der Waals surface area contributed by atoms with Gasteiger partial charge in [0.15, 0.2) is 0 Å². The van der Waals surface area contributed by atoms with Crippen molar-refractivity contribution in [1.29, 1.82) is 0 Å². The lowest BCUT2D eigenvalue weighted by atomic mass is 9.85. The predicted molar refractivity (Wildman–Crippen MR) is 91.2 cm³/mol. The van der Waals surface area contributed by atoms with Gasteiger partial charge in [-0.05, 0) is 51.9 Å². The number of nitrogens with zero attached hydrogens (tertiary/aromatic N) is 2. The first-order chi connectivity index (χ1) is 11.9. The van der Waals surface area contributed by atoms with E-state index in [1.54, 1.807) is 0 Å². The van der Waals surface area contributed by atoms with Gasteiger partial charge in [-0.1, -0.05) is 5.16 Å². The molecule has 1 amide bonds. The van der Waals surface area contributed by atoms with E-state index in [-0.39, 0.29) is 24.5 Å². The molecular weight excluding hydrogens is 322 g/mol. The number of carbonyl (C=O) groups excluding carboxylic acids is 1. The molecule has 1 heterocycles. The second-order valence-corrected chi connectivity index (χ2v) is 7.46. The van der Waals surface area contributed by atoms with Crippen LogP contribution >= 0.6 is 0 Å². The summed E-state index contributed by atoms with van der Waals surface area (Å²) >= 11 is 0. The maximum atomic E-state index is 12.1. The third kappa shape index (κ3) is 4.81. The molecule has 2 aliphatic carbocycles. The highest BCUT2D eigenvalue weighted by Crippen LogP contribution is 2.33. The lowest BCUT2D eigenvalue weighted by molar-refractivity contribution is -0.140. The zero-order chi connectivity index (χ0) is 18.0. The molecular formula is C18H27N3O4. The number of aliphatic carboxylic acids is 1. The molecule has 2 aliphatic rings. The Morgan fingerprint density at radius 2 is 2.04 bits per heavy atom. The summed E-state index contributed by atoms with van der Waals surface area (Å²) in [5.74, 6) is 0.712. The molecule has 25 heavy (non-hydrogen) atoms. The third-order valence-electron chi connectivity index (χ3n) is 5.31. The normalized spacial score (nSPS) is 22.7. The molecule has 138 valence electrons. The summed E-state index contributed by atoms with van der Waals surface area (Å²) < 4.78 is 5.11. The molecule has 2 N–H and O–H groups in total. The lowest BCUT2D eigenvalue weighted by Gasteiger charge is -2.42. The largest absolute Gasteiger partial charge is 0.480 e. The van der Waals surface area contributed by atoms with E-state index in [4.69, 9.17) is 9.63 Å². The Kier molecular flexibility index (Phi) is 5.42. The van der Waals surface area contributed by atoms with E-state index in [0.717, 1.165) is 36.4 Å². The van der Waals surface area contributed by atoms with Gasteiger partial charge in [0, 0.05) is 30.6 Å². The van der Waals surface area contributed by atoms with Crippen LogP contribution in [0.5, 0.6) is 0 Å². The number of rotatable bonds is 9. The molecule has 0 spiro atoms.